The highest BCUT2D eigenvalue weighted by atomic mass is 35.5. The molecule has 1 aromatic rings. The van der Waals surface area contributed by atoms with Crippen molar-refractivity contribution < 1.29 is 10.2 Å². The molecule has 1 aliphatic rings. The lowest BCUT2D eigenvalue weighted by Crippen LogP contribution is -2.45. The van der Waals surface area contributed by atoms with E-state index in [0.29, 0.717) is 6.42 Å². The number of halogens is 3. The van der Waals surface area contributed by atoms with E-state index in [-0.39, 0.29) is 40.9 Å². The van der Waals surface area contributed by atoms with E-state index in [4.69, 9.17) is 23.2 Å². The molecule has 0 bridgehead atoms. The Balaban J connectivity index is 0.00000200. The fraction of sp³-hybridized carbons (Fsp3) is 0.538. The van der Waals surface area contributed by atoms with Gasteiger partial charge < -0.3 is 15.5 Å². The molecule has 3 N–H and O–H groups in total. The number of rotatable bonds is 4. The van der Waals surface area contributed by atoms with Gasteiger partial charge in [-0.3, -0.25) is 4.90 Å². The number of aliphatic hydroxyl groups is 1. The fourth-order valence-corrected chi connectivity index (χ4v) is 2.96. The maximum Gasteiger partial charge on any atom is 0.152 e. The fourth-order valence-electron chi connectivity index (χ4n) is 2.45. The molecule has 0 saturated carbocycles. The molecule has 2 rings (SSSR count). The van der Waals surface area contributed by atoms with E-state index in [2.05, 4.69) is 10.2 Å². The van der Waals surface area contributed by atoms with Crippen molar-refractivity contribution in [2.24, 2.45) is 0 Å². The minimum Gasteiger partial charge on any atom is -0.505 e. The third kappa shape index (κ3) is 4.13. The molecule has 0 spiro atoms. The second-order valence-electron chi connectivity index (χ2n) is 4.65. The first-order chi connectivity index (χ1) is 9.13. The Bertz CT molecular complexity index is 417. The second kappa shape index (κ2) is 8.27. The summed E-state index contributed by atoms with van der Waals surface area (Å²) in [5.74, 6) is -0.0878. The molecule has 1 fully saturated rings. The topological polar surface area (TPSA) is 55.7 Å². The molecular formula is C13H19Cl3N2O2. The monoisotopic (exact) mass is 340 g/mol. The molecule has 0 aromatic heterocycles. The summed E-state index contributed by atoms with van der Waals surface area (Å²) in [5, 5.41) is 22.7. The molecule has 4 nitrogen and oxygen atoms in total. The molecular weight excluding hydrogens is 323 g/mol. The van der Waals surface area contributed by atoms with E-state index in [9.17, 15) is 10.2 Å². The van der Waals surface area contributed by atoms with Gasteiger partial charge in [-0.05, 0) is 24.1 Å². The van der Waals surface area contributed by atoms with Crippen LogP contribution in [-0.2, 0) is 0 Å². The maximum absolute atomic E-state index is 9.62. The van der Waals surface area contributed by atoms with Crippen LogP contribution < -0.4 is 5.32 Å². The largest absolute Gasteiger partial charge is 0.505 e. The van der Waals surface area contributed by atoms with Gasteiger partial charge in [-0.25, -0.2) is 0 Å². The van der Waals surface area contributed by atoms with Gasteiger partial charge in [-0.1, -0.05) is 23.2 Å². The van der Waals surface area contributed by atoms with E-state index in [1.165, 1.54) is 0 Å². The first kappa shape index (κ1) is 17.8. The molecule has 20 heavy (non-hydrogen) atoms. The number of hydrogen-bond acceptors (Lipinski definition) is 4. The van der Waals surface area contributed by atoms with Crippen LogP contribution in [0.3, 0.4) is 0 Å². The Kier molecular flexibility index (Phi) is 7.37. The minimum absolute atomic E-state index is 0. The first-order valence-corrected chi connectivity index (χ1v) is 7.12. The van der Waals surface area contributed by atoms with Gasteiger partial charge in [0.05, 0.1) is 10.0 Å². The SMILES string of the molecule is Cl.OCC[C@H](c1cc(Cl)c(O)c(Cl)c1)N1CCNCC1. The molecule has 0 aliphatic carbocycles. The Morgan fingerprint density at radius 3 is 2.25 bits per heavy atom. The van der Waals surface area contributed by atoms with Crippen molar-refractivity contribution in [2.45, 2.75) is 12.5 Å². The van der Waals surface area contributed by atoms with Crippen LogP contribution in [-0.4, -0.2) is 47.9 Å². The van der Waals surface area contributed by atoms with Crippen molar-refractivity contribution in [2.75, 3.05) is 32.8 Å². The van der Waals surface area contributed by atoms with Gasteiger partial charge in [0.15, 0.2) is 5.75 Å². The third-order valence-electron chi connectivity index (χ3n) is 3.42. The summed E-state index contributed by atoms with van der Waals surface area (Å²) in [7, 11) is 0. The van der Waals surface area contributed by atoms with Gasteiger partial charge in [0.25, 0.3) is 0 Å². The normalized spacial score (nSPS) is 17.6. The summed E-state index contributed by atoms with van der Waals surface area (Å²) in [5.41, 5.74) is 0.934. The summed E-state index contributed by atoms with van der Waals surface area (Å²) < 4.78 is 0. The molecule has 0 radical (unpaired) electrons. The molecule has 1 heterocycles. The summed E-state index contributed by atoms with van der Waals surface area (Å²) >= 11 is 11.9. The van der Waals surface area contributed by atoms with Crippen LogP contribution in [0.25, 0.3) is 0 Å². The Morgan fingerprint density at radius 2 is 1.75 bits per heavy atom. The molecule has 0 unspecified atom stereocenters. The number of aromatic hydroxyl groups is 1. The van der Waals surface area contributed by atoms with Crippen LogP contribution >= 0.6 is 35.6 Å². The van der Waals surface area contributed by atoms with Gasteiger partial charge in [0, 0.05) is 38.8 Å². The number of aliphatic hydroxyl groups excluding tert-OH is 1. The van der Waals surface area contributed by atoms with E-state index in [0.717, 1.165) is 31.7 Å². The zero-order valence-corrected chi connectivity index (χ0v) is 13.3. The standard InChI is InChI=1S/C13H18Cl2N2O2.ClH/c14-10-7-9(8-11(15)13(10)19)12(1-6-18)17-4-2-16-3-5-17;/h7-8,12,16,18-19H,1-6H2;1H/t12-;/m1./s1. The van der Waals surface area contributed by atoms with Crippen molar-refractivity contribution in [3.05, 3.63) is 27.7 Å². The number of hydrogen-bond donors (Lipinski definition) is 3. The highest BCUT2D eigenvalue weighted by Gasteiger charge is 2.23. The average molecular weight is 342 g/mol. The highest BCUT2D eigenvalue weighted by Crippen LogP contribution is 2.36. The molecule has 7 heteroatoms. The number of benzene rings is 1. The smallest absolute Gasteiger partial charge is 0.152 e. The number of phenolic OH excluding ortho intramolecular Hbond substituents is 1. The average Bonchev–Trinajstić information content (AvgIpc) is 2.42. The highest BCUT2D eigenvalue weighted by molar-refractivity contribution is 6.37. The predicted molar refractivity (Wildman–Crippen MR) is 84.3 cm³/mol. The van der Waals surface area contributed by atoms with Crippen molar-refractivity contribution in [3.8, 4) is 5.75 Å². The van der Waals surface area contributed by atoms with E-state index in [1.54, 1.807) is 12.1 Å². The zero-order chi connectivity index (χ0) is 13.8. The van der Waals surface area contributed by atoms with Crippen LogP contribution in [0.15, 0.2) is 12.1 Å². The molecule has 1 aliphatic heterocycles. The summed E-state index contributed by atoms with van der Waals surface area (Å²) in [6.45, 7) is 3.80. The Morgan fingerprint density at radius 1 is 1.20 bits per heavy atom. The number of nitrogens with zero attached hydrogens (tertiary/aromatic N) is 1. The van der Waals surface area contributed by atoms with Crippen LogP contribution in [0.4, 0.5) is 0 Å². The predicted octanol–water partition coefficient (Wildman–Crippen LogP) is 2.45. The lowest BCUT2D eigenvalue weighted by molar-refractivity contribution is 0.141. The number of phenols is 1. The third-order valence-corrected chi connectivity index (χ3v) is 4.00. The van der Waals surface area contributed by atoms with Gasteiger partial charge in [0.2, 0.25) is 0 Å². The molecule has 114 valence electrons. The molecule has 0 amide bonds. The van der Waals surface area contributed by atoms with Gasteiger partial charge in [0.1, 0.15) is 0 Å². The maximum atomic E-state index is 9.62. The van der Waals surface area contributed by atoms with E-state index < -0.39 is 0 Å². The van der Waals surface area contributed by atoms with E-state index in [1.807, 2.05) is 0 Å². The van der Waals surface area contributed by atoms with Crippen molar-refractivity contribution in [3.63, 3.8) is 0 Å². The summed E-state index contributed by atoms with van der Waals surface area (Å²) in [4.78, 5) is 2.30. The van der Waals surface area contributed by atoms with Crippen molar-refractivity contribution in [1.29, 1.82) is 0 Å². The van der Waals surface area contributed by atoms with Crippen LogP contribution in [0.5, 0.6) is 5.75 Å². The number of piperazine rings is 1. The second-order valence-corrected chi connectivity index (χ2v) is 5.46. The molecule has 1 saturated heterocycles. The molecule has 1 atom stereocenters. The zero-order valence-electron chi connectivity index (χ0n) is 11.0. The quantitative estimate of drug-likeness (QED) is 0.787. The number of nitrogens with one attached hydrogen (secondary N) is 1. The van der Waals surface area contributed by atoms with Gasteiger partial charge in [-0.15, -0.1) is 12.4 Å². The molecule has 1 aromatic carbocycles. The minimum atomic E-state index is -0.0878. The van der Waals surface area contributed by atoms with Crippen LogP contribution in [0.1, 0.15) is 18.0 Å². The van der Waals surface area contributed by atoms with Gasteiger partial charge in [-0.2, -0.15) is 0 Å². The van der Waals surface area contributed by atoms with Crippen molar-refractivity contribution in [1.82, 2.24) is 10.2 Å². The van der Waals surface area contributed by atoms with E-state index >= 15 is 0 Å². The lowest BCUT2D eigenvalue weighted by Gasteiger charge is -2.35. The Hall–Kier alpha value is -0.230. The van der Waals surface area contributed by atoms with Crippen LogP contribution in [0.2, 0.25) is 10.0 Å². The lowest BCUT2D eigenvalue weighted by atomic mass is 10.0. The Labute approximate surface area is 135 Å². The summed E-state index contributed by atoms with van der Waals surface area (Å²) in [6.07, 6.45) is 0.622. The summed E-state index contributed by atoms with van der Waals surface area (Å²) in [6, 6.07) is 3.53. The van der Waals surface area contributed by atoms with Crippen molar-refractivity contribution >= 4 is 35.6 Å². The van der Waals surface area contributed by atoms with Crippen LogP contribution in [0, 0.1) is 0 Å². The van der Waals surface area contributed by atoms with Gasteiger partial charge >= 0.3 is 0 Å². The first-order valence-electron chi connectivity index (χ1n) is 6.37.